The van der Waals surface area contributed by atoms with Gasteiger partial charge in [-0.25, -0.2) is 9.78 Å². The second kappa shape index (κ2) is 11.7. The van der Waals surface area contributed by atoms with Gasteiger partial charge < -0.3 is 30.9 Å². The summed E-state index contributed by atoms with van der Waals surface area (Å²) in [5.41, 5.74) is 2.04. The highest BCUT2D eigenvalue weighted by atomic mass is 35.5. The Morgan fingerprint density at radius 1 is 1.18 bits per heavy atom. The second-order valence-electron chi connectivity index (χ2n) is 11.0. The van der Waals surface area contributed by atoms with Crippen LogP contribution in [0.5, 0.6) is 0 Å². The van der Waals surface area contributed by atoms with Crippen molar-refractivity contribution in [3.8, 4) is 0 Å². The number of aromatic nitrogens is 4. The number of carbonyl (C=O) groups excluding carboxylic acids is 2. The normalized spacial score (nSPS) is 17.6. The number of likely N-dealkylation sites (N-methyl/N-ethyl adjacent to an activating group) is 1. The molecule has 0 spiro atoms. The number of rotatable bonds is 9. The lowest BCUT2D eigenvalue weighted by Gasteiger charge is -2.28. The molecule has 1 atom stereocenters. The lowest BCUT2D eigenvalue weighted by molar-refractivity contribution is -0.122. The van der Waals surface area contributed by atoms with Gasteiger partial charge in [-0.15, -0.1) is 0 Å². The Kier molecular flexibility index (Phi) is 8.57. The molecule has 1 aliphatic rings. The van der Waals surface area contributed by atoms with Crippen molar-refractivity contribution >= 4 is 46.2 Å². The van der Waals surface area contributed by atoms with Crippen molar-refractivity contribution < 1.29 is 14.7 Å². The van der Waals surface area contributed by atoms with Gasteiger partial charge in [0.05, 0.1) is 18.5 Å². The zero-order valence-corrected chi connectivity index (χ0v) is 23.5. The number of anilines is 2. The fourth-order valence-corrected chi connectivity index (χ4v) is 4.81. The molecule has 3 aromatic rings. The number of urea groups is 1. The summed E-state index contributed by atoms with van der Waals surface area (Å²) in [5, 5.41) is 19.6. The van der Waals surface area contributed by atoms with Crippen LogP contribution in [0.25, 0.3) is 11.2 Å². The summed E-state index contributed by atoms with van der Waals surface area (Å²) in [4.78, 5) is 43.9. The van der Waals surface area contributed by atoms with E-state index in [2.05, 4.69) is 56.7 Å². The molecular weight excluding hydrogens is 522 g/mol. The van der Waals surface area contributed by atoms with E-state index in [-0.39, 0.29) is 42.3 Å². The zero-order chi connectivity index (χ0) is 28.2. The first-order chi connectivity index (χ1) is 18.4. The Morgan fingerprint density at radius 3 is 2.62 bits per heavy atom. The molecule has 0 saturated carbocycles. The molecule has 4 rings (SSSR count). The Labute approximate surface area is 232 Å². The Hall–Kier alpha value is -3.48. The van der Waals surface area contributed by atoms with Gasteiger partial charge in [0, 0.05) is 38.4 Å². The highest BCUT2D eigenvalue weighted by Gasteiger charge is 2.38. The Morgan fingerprint density at radius 2 is 1.90 bits per heavy atom. The fraction of sp³-hybridized carbons (Fsp3) is 0.500. The molecule has 39 heavy (non-hydrogen) atoms. The van der Waals surface area contributed by atoms with Gasteiger partial charge in [-0.05, 0) is 48.2 Å². The van der Waals surface area contributed by atoms with Crippen LogP contribution in [-0.2, 0) is 10.2 Å². The van der Waals surface area contributed by atoms with Crippen molar-refractivity contribution in [2.75, 3.05) is 56.5 Å². The van der Waals surface area contributed by atoms with Gasteiger partial charge in [0.15, 0.2) is 11.5 Å². The average Bonchev–Trinajstić information content (AvgIpc) is 3.47. The molecule has 12 nitrogen and oxygen atoms in total. The molecule has 5 N–H and O–H groups in total. The number of H-pyrrole nitrogens is 1. The third-order valence-electron chi connectivity index (χ3n) is 6.59. The van der Waals surface area contributed by atoms with E-state index in [4.69, 9.17) is 11.6 Å². The van der Waals surface area contributed by atoms with Crippen LogP contribution in [0.2, 0.25) is 5.28 Å². The van der Waals surface area contributed by atoms with Crippen LogP contribution in [0.1, 0.15) is 32.8 Å². The van der Waals surface area contributed by atoms with E-state index in [1.54, 1.807) is 11.9 Å². The first-order valence-corrected chi connectivity index (χ1v) is 13.2. The van der Waals surface area contributed by atoms with Gasteiger partial charge in [0.2, 0.25) is 11.2 Å². The first-order valence-electron chi connectivity index (χ1n) is 12.9. The van der Waals surface area contributed by atoms with Gasteiger partial charge >= 0.3 is 6.03 Å². The molecule has 13 heteroatoms. The largest absolute Gasteiger partial charge is 0.387 e. The number of β-amino-alcohol motifs (C(OH)–C–C–N with tert-alkyl or cyclic N) is 1. The SMILES string of the molecule is CN(CC(=O)NCCNC(=O)Nc1ccc(C(C)(C)C)cc1)CC1(O)CCN(c2nc(Cl)nc3nc[nH]c23)C1. The van der Waals surface area contributed by atoms with E-state index >= 15 is 0 Å². The molecule has 3 amide bonds. The lowest BCUT2D eigenvalue weighted by Crippen LogP contribution is -2.47. The van der Waals surface area contributed by atoms with E-state index in [0.717, 1.165) is 0 Å². The maximum atomic E-state index is 12.4. The smallest absolute Gasteiger partial charge is 0.319 e. The number of imidazole rings is 1. The number of halogens is 1. The van der Waals surface area contributed by atoms with E-state index in [1.807, 2.05) is 29.2 Å². The molecule has 1 aromatic carbocycles. The fourth-order valence-electron chi connectivity index (χ4n) is 4.65. The summed E-state index contributed by atoms with van der Waals surface area (Å²) in [6.45, 7) is 8.29. The Bertz CT molecular complexity index is 1310. The Balaban J connectivity index is 1.16. The van der Waals surface area contributed by atoms with Crippen LogP contribution in [0.15, 0.2) is 30.6 Å². The maximum Gasteiger partial charge on any atom is 0.319 e. The van der Waals surface area contributed by atoms with E-state index in [9.17, 15) is 14.7 Å². The number of hydrogen-bond donors (Lipinski definition) is 5. The molecule has 1 aliphatic heterocycles. The number of carbonyl (C=O) groups is 2. The molecule has 0 bridgehead atoms. The van der Waals surface area contributed by atoms with Gasteiger partial charge in [0.1, 0.15) is 5.52 Å². The molecule has 1 unspecified atom stereocenters. The number of fused-ring (bicyclic) bond motifs is 1. The average molecular weight is 558 g/mol. The van der Waals surface area contributed by atoms with Crippen LogP contribution in [-0.4, -0.2) is 93.8 Å². The van der Waals surface area contributed by atoms with Crippen LogP contribution in [0.3, 0.4) is 0 Å². The predicted molar refractivity (Wildman–Crippen MR) is 151 cm³/mol. The van der Waals surface area contributed by atoms with Gasteiger partial charge in [-0.3, -0.25) is 9.69 Å². The zero-order valence-electron chi connectivity index (χ0n) is 22.7. The molecule has 1 fully saturated rings. The van der Waals surface area contributed by atoms with Crippen LogP contribution < -0.4 is 20.9 Å². The minimum atomic E-state index is -1.02. The summed E-state index contributed by atoms with van der Waals surface area (Å²) in [5.74, 6) is 0.398. The predicted octanol–water partition coefficient (Wildman–Crippen LogP) is 2.11. The summed E-state index contributed by atoms with van der Waals surface area (Å²) >= 11 is 6.05. The molecule has 2 aromatic heterocycles. The highest BCUT2D eigenvalue weighted by Crippen LogP contribution is 2.30. The number of benzene rings is 1. The third kappa shape index (κ3) is 7.55. The summed E-state index contributed by atoms with van der Waals surface area (Å²) < 4.78 is 0. The van der Waals surface area contributed by atoms with E-state index < -0.39 is 5.60 Å². The van der Waals surface area contributed by atoms with Gasteiger partial charge in [-0.2, -0.15) is 9.97 Å². The molecule has 0 radical (unpaired) electrons. The van der Waals surface area contributed by atoms with Crippen molar-refractivity contribution in [2.24, 2.45) is 0 Å². The monoisotopic (exact) mass is 557 g/mol. The summed E-state index contributed by atoms with van der Waals surface area (Å²) in [6.07, 6.45) is 2.04. The molecule has 3 heterocycles. The third-order valence-corrected chi connectivity index (χ3v) is 6.76. The van der Waals surface area contributed by atoms with Crippen molar-refractivity contribution in [3.63, 3.8) is 0 Å². The summed E-state index contributed by atoms with van der Waals surface area (Å²) in [6, 6.07) is 7.40. The second-order valence-corrected chi connectivity index (χ2v) is 11.4. The lowest BCUT2D eigenvalue weighted by atomic mass is 9.87. The van der Waals surface area contributed by atoms with Crippen molar-refractivity contribution in [1.82, 2.24) is 35.5 Å². The van der Waals surface area contributed by atoms with E-state index in [1.165, 1.54) is 11.9 Å². The number of aromatic amines is 1. The number of aliphatic hydroxyl groups is 1. The standard InChI is InChI=1S/C26H36ClN9O3/c1-25(2,3)17-5-7-18(8-6-17)32-24(38)29-11-10-28-19(37)13-35(4)14-26(39)9-12-36(15-26)22-20-21(31-16-30-20)33-23(27)34-22/h5-8,16,39H,9-15H2,1-4H3,(H,28,37)(H2,29,32,38)(H,30,31,33,34). The first kappa shape index (κ1) is 28.5. The van der Waals surface area contributed by atoms with Crippen molar-refractivity contribution in [1.29, 1.82) is 0 Å². The quantitative estimate of drug-likeness (QED) is 0.198. The topological polar surface area (TPSA) is 151 Å². The summed E-state index contributed by atoms with van der Waals surface area (Å²) in [7, 11) is 1.78. The number of nitrogens with one attached hydrogen (secondary N) is 4. The van der Waals surface area contributed by atoms with Crippen LogP contribution >= 0.6 is 11.6 Å². The molecule has 0 aliphatic carbocycles. The maximum absolute atomic E-state index is 12.4. The van der Waals surface area contributed by atoms with Crippen LogP contribution in [0.4, 0.5) is 16.3 Å². The molecule has 1 saturated heterocycles. The number of nitrogens with zero attached hydrogens (tertiary/aromatic N) is 5. The van der Waals surface area contributed by atoms with Crippen molar-refractivity contribution in [2.45, 2.75) is 38.2 Å². The molecular formula is C26H36ClN9O3. The number of hydrogen-bond acceptors (Lipinski definition) is 8. The van der Waals surface area contributed by atoms with E-state index in [0.29, 0.717) is 48.7 Å². The van der Waals surface area contributed by atoms with Crippen LogP contribution in [0, 0.1) is 0 Å². The number of amides is 3. The minimum Gasteiger partial charge on any atom is -0.387 e. The molecule has 210 valence electrons. The highest BCUT2D eigenvalue weighted by molar-refractivity contribution is 6.28. The van der Waals surface area contributed by atoms with Crippen molar-refractivity contribution in [3.05, 3.63) is 41.4 Å². The minimum absolute atomic E-state index is 0.0438. The van der Waals surface area contributed by atoms with Gasteiger partial charge in [-0.1, -0.05) is 32.9 Å². The van der Waals surface area contributed by atoms with Gasteiger partial charge in [0.25, 0.3) is 0 Å².